The van der Waals surface area contributed by atoms with E-state index in [1.807, 2.05) is 13.8 Å². The molecule has 0 bridgehead atoms. The molecule has 0 spiro atoms. The molecule has 0 aliphatic heterocycles. The molecule has 1 atom stereocenters. The largest absolute Gasteiger partial charge is 0.480 e. The van der Waals surface area contributed by atoms with Crippen LogP contribution in [0.2, 0.25) is 5.02 Å². The number of nitrogens with one attached hydrogen (secondary N) is 2. The number of anilines is 1. The Kier molecular flexibility index (Phi) is 6.29. The minimum absolute atomic E-state index is 0.158. The van der Waals surface area contributed by atoms with Gasteiger partial charge in [-0.25, -0.2) is 9.59 Å². The smallest absolute Gasteiger partial charge is 0.326 e. The van der Waals surface area contributed by atoms with Crippen molar-refractivity contribution in [3.05, 3.63) is 27.7 Å². The Morgan fingerprint density at radius 1 is 1.40 bits per heavy atom. The lowest BCUT2D eigenvalue weighted by atomic mass is 10.0. The lowest BCUT2D eigenvalue weighted by Gasteiger charge is -2.17. The van der Waals surface area contributed by atoms with Crippen LogP contribution in [0.3, 0.4) is 0 Å². The number of aliphatic carboxylic acids is 1. The molecule has 7 heteroatoms. The number of amides is 2. The molecule has 0 heterocycles. The van der Waals surface area contributed by atoms with E-state index in [-0.39, 0.29) is 5.92 Å². The fraction of sp³-hybridized carbons (Fsp3) is 0.385. The molecule has 20 heavy (non-hydrogen) atoms. The van der Waals surface area contributed by atoms with Crippen molar-refractivity contribution >= 4 is 45.2 Å². The van der Waals surface area contributed by atoms with Crippen molar-refractivity contribution in [2.75, 3.05) is 5.32 Å². The number of urea groups is 1. The molecule has 110 valence electrons. The fourth-order valence-corrected chi connectivity index (χ4v) is 2.13. The molecule has 0 aliphatic carbocycles. The van der Waals surface area contributed by atoms with E-state index in [2.05, 4.69) is 26.6 Å². The molecule has 2 amide bonds. The second-order valence-electron chi connectivity index (χ2n) is 4.74. The standard InChI is InChI=1S/C13H16BrClN2O3/c1-7(2)5-11(12(18)19)17-13(20)16-10-6-8(14)3-4-9(10)15/h3-4,6-7,11H,5H2,1-2H3,(H,18,19)(H2,16,17,20)/t11-/m0/s1. The van der Waals surface area contributed by atoms with Gasteiger partial charge in [-0.1, -0.05) is 41.4 Å². The predicted octanol–water partition coefficient (Wildman–Crippen LogP) is 3.72. The molecular weight excluding hydrogens is 348 g/mol. The zero-order chi connectivity index (χ0) is 15.3. The summed E-state index contributed by atoms with van der Waals surface area (Å²) in [6, 6.07) is 3.48. The summed E-state index contributed by atoms with van der Waals surface area (Å²) in [6.45, 7) is 3.78. The van der Waals surface area contributed by atoms with E-state index in [0.717, 1.165) is 4.47 Å². The molecule has 5 nitrogen and oxygen atoms in total. The number of rotatable bonds is 5. The van der Waals surface area contributed by atoms with Crippen LogP contribution >= 0.6 is 27.5 Å². The van der Waals surface area contributed by atoms with Crippen LogP contribution < -0.4 is 10.6 Å². The maximum atomic E-state index is 11.8. The highest BCUT2D eigenvalue weighted by atomic mass is 79.9. The summed E-state index contributed by atoms with van der Waals surface area (Å²) in [5, 5.41) is 14.4. The van der Waals surface area contributed by atoms with Crippen LogP contribution in [0.15, 0.2) is 22.7 Å². The summed E-state index contributed by atoms with van der Waals surface area (Å²) in [7, 11) is 0. The SMILES string of the molecule is CC(C)C[C@H](NC(=O)Nc1cc(Br)ccc1Cl)C(=O)O. The summed E-state index contributed by atoms with van der Waals surface area (Å²) < 4.78 is 0.758. The van der Waals surface area contributed by atoms with Gasteiger partial charge in [-0.2, -0.15) is 0 Å². The maximum Gasteiger partial charge on any atom is 0.326 e. The Morgan fingerprint density at radius 3 is 2.60 bits per heavy atom. The Labute approximate surface area is 130 Å². The van der Waals surface area contributed by atoms with Crippen molar-refractivity contribution < 1.29 is 14.7 Å². The van der Waals surface area contributed by atoms with E-state index in [9.17, 15) is 9.59 Å². The third kappa shape index (κ3) is 5.38. The molecule has 0 saturated heterocycles. The fourth-order valence-electron chi connectivity index (χ4n) is 1.60. The van der Waals surface area contributed by atoms with Crippen LogP contribution in [-0.2, 0) is 4.79 Å². The molecule has 0 saturated carbocycles. The molecule has 0 fully saturated rings. The van der Waals surface area contributed by atoms with Crippen LogP contribution in [0.1, 0.15) is 20.3 Å². The van der Waals surface area contributed by atoms with Crippen molar-refractivity contribution in [3.63, 3.8) is 0 Å². The van der Waals surface area contributed by atoms with Crippen molar-refractivity contribution in [3.8, 4) is 0 Å². The number of hydrogen-bond acceptors (Lipinski definition) is 2. The first kappa shape index (κ1) is 16.8. The van der Waals surface area contributed by atoms with Gasteiger partial charge in [0.2, 0.25) is 0 Å². The maximum absolute atomic E-state index is 11.8. The molecule has 0 aliphatic rings. The zero-order valence-corrected chi connectivity index (χ0v) is 13.5. The third-order valence-electron chi connectivity index (χ3n) is 2.49. The van der Waals surface area contributed by atoms with Crippen molar-refractivity contribution in [2.45, 2.75) is 26.3 Å². The molecule has 3 N–H and O–H groups in total. The van der Waals surface area contributed by atoms with Gasteiger partial charge < -0.3 is 15.7 Å². The van der Waals surface area contributed by atoms with E-state index < -0.39 is 18.0 Å². The van der Waals surface area contributed by atoms with Crippen LogP contribution in [0.5, 0.6) is 0 Å². The van der Waals surface area contributed by atoms with E-state index in [0.29, 0.717) is 17.1 Å². The first-order chi connectivity index (χ1) is 9.29. The van der Waals surface area contributed by atoms with Crippen LogP contribution in [0.25, 0.3) is 0 Å². The van der Waals surface area contributed by atoms with Gasteiger partial charge in [0.25, 0.3) is 0 Å². The minimum atomic E-state index is -1.06. The van der Waals surface area contributed by atoms with Crippen molar-refractivity contribution in [1.29, 1.82) is 0 Å². The van der Waals surface area contributed by atoms with E-state index in [4.69, 9.17) is 16.7 Å². The number of carboxylic acid groups (broad SMARTS) is 1. The Bertz CT molecular complexity index is 508. The third-order valence-corrected chi connectivity index (χ3v) is 3.31. The average Bonchev–Trinajstić information content (AvgIpc) is 2.32. The van der Waals surface area contributed by atoms with Gasteiger partial charge in [-0.15, -0.1) is 0 Å². The van der Waals surface area contributed by atoms with Gasteiger partial charge in [0.15, 0.2) is 0 Å². The lowest BCUT2D eigenvalue weighted by Crippen LogP contribution is -2.43. The summed E-state index contributed by atoms with van der Waals surface area (Å²) >= 11 is 9.21. The zero-order valence-electron chi connectivity index (χ0n) is 11.1. The van der Waals surface area contributed by atoms with Gasteiger partial charge in [0.1, 0.15) is 6.04 Å². The van der Waals surface area contributed by atoms with Crippen molar-refractivity contribution in [1.82, 2.24) is 5.32 Å². The van der Waals surface area contributed by atoms with Crippen molar-refractivity contribution in [2.24, 2.45) is 5.92 Å². The monoisotopic (exact) mass is 362 g/mol. The molecule has 1 aromatic carbocycles. The molecule has 1 aromatic rings. The highest BCUT2D eigenvalue weighted by Gasteiger charge is 2.21. The Balaban J connectivity index is 2.70. The van der Waals surface area contributed by atoms with Crippen LogP contribution in [-0.4, -0.2) is 23.1 Å². The van der Waals surface area contributed by atoms with Gasteiger partial charge >= 0.3 is 12.0 Å². The summed E-state index contributed by atoms with van der Waals surface area (Å²) in [6.07, 6.45) is 0.356. The molecule has 0 radical (unpaired) electrons. The second kappa shape index (κ2) is 7.50. The second-order valence-corrected chi connectivity index (χ2v) is 6.07. The highest BCUT2D eigenvalue weighted by Crippen LogP contribution is 2.25. The van der Waals surface area contributed by atoms with E-state index in [1.165, 1.54) is 0 Å². The van der Waals surface area contributed by atoms with Gasteiger partial charge in [-0.3, -0.25) is 0 Å². The molecular formula is C13H16BrClN2O3. The van der Waals surface area contributed by atoms with Crippen LogP contribution in [0, 0.1) is 5.92 Å². The Hall–Kier alpha value is -1.27. The number of halogens is 2. The molecule has 1 rings (SSSR count). The van der Waals surface area contributed by atoms with Gasteiger partial charge in [0, 0.05) is 4.47 Å². The normalized spacial score (nSPS) is 12.1. The van der Waals surface area contributed by atoms with Crippen LogP contribution in [0.4, 0.5) is 10.5 Å². The quantitative estimate of drug-likeness (QED) is 0.746. The van der Waals surface area contributed by atoms with E-state index in [1.54, 1.807) is 18.2 Å². The molecule has 0 unspecified atom stereocenters. The summed E-state index contributed by atoms with van der Waals surface area (Å²) in [5.41, 5.74) is 0.409. The Morgan fingerprint density at radius 2 is 2.05 bits per heavy atom. The lowest BCUT2D eigenvalue weighted by molar-refractivity contribution is -0.139. The number of benzene rings is 1. The molecule has 0 aromatic heterocycles. The first-order valence-electron chi connectivity index (χ1n) is 6.05. The number of carboxylic acids is 1. The number of carbonyl (C=O) groups excluding carboxylic acids is 1. The summed E-state index contributed by atoms with van der Waals surface area (Å²) in [5.74, 6) is -0.903. The number of carbonyl (C=O) groups is 2. The predicted molar refractivity (Wildman–Crippen MR) is 82.2 cm³/mol. The topological polar surface area (TPSA) is 78.4 Å². The minimum Gasteiger partial charge on any atom is -0.480 e. The van der Waals surface area contributed by atoms with E-state index >= 15 is 0 Å². The van der Waals surface area contributed by atoms with Gasteiger partial charge in [-0.05, 0) is 30.5 Å². The highest BCUT2D eigenvalue weighted by molar-refractivity contribution is 9.10. The van der Waals surface area contributed by atoms with Gasteiger partial charge in [0.05, 0.1) is 10.7 Å². The first-order valence-corrected chi connectivity index (χ1v) is 7.22. The average molecular weight is 364 g/mol. The summed E-state index contributed by atoms with van der Waals surface area (Å²) in [4.78, 5) is 22.9. The number of hydrogen-bond donors (Lipinski definition) is 3.